The first-order valence-corrected chi connectivity index (χ1v) is 9.40. The molecule has 0 aliphatic rings. The van der Waals surface area contributed by atoms with E-state index in [9.17, 15) is 3.89 Å². The van der Waals surface area contributed by atoms with Gasteiger partial charge < -0.3 is 0 Å². The molecule has 0 saturated carbocycles. The molecule has 0 rings (SSSR count). The minimum atomic E-state index is -2.83. The van der Waals surface area contributed by atoms with Gasteiger partial charge in [-0.3, -0.25) is 0 Å². The van der Waals surface area contributed by atoms with Gasteiger partial charge in [0.1, 0.15) is 0 Å². The number of hydrogen-bond donors (Lipinski definition) is 0. The van der Waals surface area contributed by atoms with Crippen LogP contribution in [-0.4, -0.2) is 6.26 Å². The van der Waals surface area contributed by atoms with Gasteiger partial charge in [0.05, 0.1) is 0 Å². The molecular formula is CH3FI2S2. The van der Waals surface area contributed by atoms with Crippen molar-refractivity contribution in [2.45, 2.75) is 0 Å². The molecule has 0 aromatic rings. The van der Waals surface area contributed by atoms with Gasteiger partial charge in [-0.1, -0.05) is 0 Å². The van der Waals surface area contributed by atoms with Gasteiger partial charge in [-0.15, -0.1) is 0 Å². The summed E-state index contributed by atoms with van der Waals surface area (Å²) in [5, 5.41) is 0. The zero-order chi connectivity index (χ0) is 5.45. The normalized spacial score (nSPS) is 19.0. The summed E-state index contributed by atoms with van der Waals surface area (Å²) in [6.45, 7) is 0. The molecule has 5 heteroatoms. The zero-order valence-corrected chi connectivity index (χ0v) is 8.90. The van der Waals surface area contributed by atoms with Gasteiger partial charge >= 0.3 is 0 Å². The van der Waals surface area contributed by atoms with E-state index in [1.807, 2.05) is 0 Å². The average Bonchev–Trinajstić information content (AvgIpc) is 0.650. The molecule has 0 bridgehead atoms. The molecule has 0 aliphatic heterocycles. The van der Waals surface area contributed by atoms with Crippen LogP contribution in [0.5, 0.6) is 0 Å². The smallest absolute Gasteiger partial charge is 0.0233 e. The Bertz CT molecular complexity index is 89.2. The maximum Gasteiger partial charge on any atom is 0.0233 e. The number of hydrogen-bond acceptors (Lipinski definition) is 1. The Morgan fingerprint density at radius 3 is 1.67 bits per heavy atom. The SMILES string of the molecule is CS(F)(=S)(I)I. The van der Waals surface area contributed by atoms with Gasteiger partial charge in [0.2, 0.25) is 0 Å². The van der Waals surface area contributed by atoms with Crippen LogP contribution in [-0.2, 0) is 13.6 Å². The number of rotatable bonds is 0. The molecule has 40 valence electrons. The molecule has 0 unspecified atom stereocenters. The standard InChI is InChI=1S/CH3FI2S2/c1-6(2,3,4)5/h1H3. The van der Waals surface area contributed by atoms with Gasteiger partial charge in [-0.05, 0) is 11.2 Å². The van der Waals surface area contributed by atoms with Crippen molar-refractivity contribution in [1.82, 2.24) is 0 Å². The summed E-state index contributed by atoms with van der Waals surface area (Å²) >= 11 is 7.76. The Hall–Kier alpha value is 1.96. The van der Waals surface area contributed by atoms with Crippen LogP contribution >= 0.6 is 42.4 Å². The molecule has 0 heterocycles. The largest absolute Gasteiger partial charge is 0.167 e. The first-order valence-electron chi connectivity index (χ1n) is 1.04. The molecule has 0 N–H and O–H groups in total. The maximum atomic E-state index is 12.3. The van der Waals surface area contributed by atoms with Gasteiger partial charge in [0.15, 0.2) is 0 Å². The molecule has 0 aromatic carbocycles. The minimum Gasteiger partial charge on any atom is -0.167 e. The maximum absolute atomic E-state index is 12.3. The van der Waals surface area contributed by atoms with Crippen molar-refractivity contribution in [2.75, 3.05) is 6.26 Å². The van der Waals surface area contributed by atoms with Crippen LogP contribution in [0.2, 0.25) is 0 Å². The van der Waals surface area contributed by atoms with E-state index in [1.54, 1.807) is 42.4 Å². The van der Waals surface area contributed by atoms with E-state index in [2.05, 4.69) is 11.2 Å². The lowest BCUT2D eigenvalue weighted by Gasteiger charge is -2.12. The summed E-state index contributed by atoms with van der Waals surface area (Å²) < 4.78 is 9.44. The van der Waals surface area contributed by atoms with Crippen LogP contribution in [0.25, 0.3) is 0 Å². The Balaban J connectivity index is 4.16. The van der Waals surface area contributed by atoms with Crippen molar-refractivity contribution < 1.29 is 3.89 Å². The summed E-state index contributed by atoms with van der Waals surface area (Å²) in [4.78, 5) is 0. The Labute approximate surface area is 65.3 Å². The van der Waals surface area contributed by atoms with E-state index >= 15 is 0 Å². The van der Waals surface area contributed by atoms with Crippen molar-refractivity contribution in [3.8, 4) is 0 Å². The molecule has 0 spiro atoms. The van der Waals surface area contributed by atoms with Crippen molar-refractivity contribution >= 4 is 56.0 Å². The van der Waals surface area contributed by atoms with E-state index in [-0.39, 0.29) is 0 Å². The molecular weight excluding hydrogens is 349 g/mol. The lowest BCUT2D eigenvalue weighted by Crippen LogP contribution is -1.95. The second-order valence-electron chi connectivity index (χ2n) is 0.994. The second kappa shape index (κ2) is 1.73. The van der Waals surface area contributed by atoms with E-state index in [4.69, 9.17) is 0 Å². The van der Waals surface area contributed by atoms with Crippen molar-refractivity contribution in [1.29, 1.82) is 0 Å². The van der Waals surface area contributed by atoms with Gasteiger partial charge in [0.25, 0.3) is 0 Å². The molecule has 0 amide bonds. The molecule has 0 atom stereocenters. The second-order valence-corrected chi connectivity index (χ2v) is 26.6. The fourth-order valence-corrected chi connectivity index (χ4v) is 0. The Morgan fingerprint density at radius 1 is 1.67 bits per heavy atom. The van der Waals surface area contributed by atoms with E-state index < -0.39 is 2.45 Å². The van der Waals surface area contributed by atoms with Crippen LogP contribution in [0.4, 0.5) is 3.89 Å². The highest BCUT2D eigenvalue weighted by Crippen LogP contribution is 2.41. The van der Waals surface area contributed by atoms with Crippen LogP contribution < -0.4 is 0 Å². The molecule has 0 nitrogen and oxygen atoms in total. The van der Waals surface area contributed by atoms with Crippen molar-refractivity contribution in [3.05, 3.63) is 0 Å². The predicted molar refractivity (Wildman–Crippen MR) is 49.8 cm³/mol. The van der Waals surface area contributed by atoms with Crippen LogP contribution in [0.1, 0.15) is 0 Å². The van der Waals surface area contributed by atoms with Crippen LogP contribution in [0, 0.1) is 0 Å². The fraction of sp³-hybridized carbons (Fsp3) is 1.00. The highest BCUT2D eigenvalue weighted by Gasteiger charge is 2.12. The molecule has 0 radical (unpaired) electrons. The lowest BCUT2D eigenvalue weighted by atomic mass is 12.0. The molecule has 6 heavy (non-hydrogen) atoms. The van der Waals surface area contributed by atoms with E-state index in [0.717, 1.165) is 0 Å². The topological polar surface area (TPSA) is 0 Å². The zero-order valence-electron chi connectivity index (χ0n) is 2.95. The van der Waals surface area contributed by atoms with Gasteiger partial charge in [0, 0.05) is 51.1 Å². The summed E-state index contributed by atoms with van der Waals surface area (Å²) in [6.07, 6.45) is 1.44. The van der Waals surface area contributed by atoms with Crippen LogP contribution in [0.15, 0.2) is 0 Å². The molecule has 0 fully saturated rings. The summed E-state index contributed by atoms with van der Waals surface area (Å²) in [5.41, 5.74) is 0. The highest BCUT2D eigenvalue weighted by atomic mass is 127. The van der Waals surface area contributed by atoms with Gasteiger partial charge in [-0.2, -0.15) is 3.89 Å². The minimum absolute atomic E-state index is 1.44. The fourth-order valence-electron chi connectivity index (χ4n) is 0. The highest BCUT2D eigenvalue weighted by molar-refractivity contribution is 14.3. The molecule has 0 saturated heterocycles. The third kappa shape index (κ3) is 38.2. The van der Waals surface area contributed by atoms with Crippen molar-refractivity contribution in [3.63, 3.8) is 0 Å². The molecule has 0 aromatic heterocycles. The van der Waals surface area contributed by atoms with Crippen LogP contribution in [0.3, 0.4) is 0 Å². The lowest BCUT2D eigenvalue weighted by molar-refractivity contribution is 0.931. The van der Waals surface area contributed by atoms with E-state index in [0.29, 0.717) is 0 Å². The first kappa shape index (κ1) is 7.96. The third-order valence-corrected chi connectivity index (χ3v) is 0. The molecule has 0 aliphatic carbocycles. The monoisotopic (exact) mass is 352 g/mol. The Kier molecular flexibility index (Phi) is 2.29. The van der Waals surface area contributed by atoms with Crippen molar-refractivity contribution in [2.24, 2.45) is 0 Å². The predicted octanol–water partition coefficient (Wildman–Crippen LogP) is 2.35. The summed E-state index contributed by atoms with van der Waals surface area (Å²) in [7, 11) is 0. The number of halogens is 3. The quantitative estimate of drug-likeness (QED) is 0.477. The summed E-state index contributed by atoms with van der Waals surface area (Å²) in [5.74, 6) is 0. The third-order valence-electron chi connectivity index (χ3n) is 0. The Morgan fingerprint density at radius 2 is 1.67 bits per heavy atom. The van der Waals surface area contributed by atoms with Gasteiger partial charge in [-0.25, -0.2) is 0 Å². The first-order chi connectivity index (χ1) is 2.24. The average molecular weight is 352 g/mol. The summed E-state index contributed by atoms with van der Waals surface area (Å²) in [6, 6.07) is 0. The van der Waals surface area contributed by atoms with E-state index in [1.165, 1.54) is 6.26 Å².